The molecule has 2 heterocycles. The molecule has 1 saturated heterocycles. The van der Waals surface area contributed by atoms with E-state index in [4.69, 9.17) is 0 Å². The van der Waals surface area contributed by atoms with Crippen LogP contribution in [0.15, 0.2) is 36.4 Å². The fraction of sp³-hybridized carbons (Fsp3) is 0.462. The van der Waals surface area contributed by atoms with E-state index in [2.05, 4.69) is 36.2 Å². The molecule has 5 nitrogen and oxygen atoms in total. The molecular formula is C26H33N3O2. The molecule has 0 spiro atoms. The molecule has 2 aliphatic heterocycles. The maximum absolute atomic E-state index is 13.1. The standard InChI is InChI=1S/C26H33N3O2/c1-18-5-4-6-24(13-18)27-25(30)9-11-28-10-7-22(16-28)26(31)29-12-8-21-14-19(2)20(3)15-23(21)17-29/h4-6,13-15,22H,7-12,16-17H2,1-3H3,(H,27,30). The topological polar surface area (TPSA) is 52.7 Å². The zero-order valence-electron chi connectivity index (χ0n) is 18.9. The zero-order chi connectivity index (χ0) is 22.0. The van der Waals surface area contributed by atoms with Crippen LogP contribution in [0, 0.1) is 26.7 Å². The second-order valence-corrected chi connectivity index (χ2v) is 9.17. The van der Waals surface area contributed by atoms with E-state index < -0.39 is 0 Å². The van der Waals surface area contributed by atoms with Crippen LogP contribution < -0.4 is 5.32 Å². The highest BCUT2D eigenvalue weighted by atomic mass is 16.2. The van der Waals surface area contributed by atoms with Crippen molar-refractivity contribution in [3.05, 3.63) is 64.2 Å². The monoisotopic (exact) mass is 419 g/mol. The molecular weight excluding hydrogens is 386 g/mol. The van der Waals surface area contributed by atoms with Crippen molar-refractivity contribution in [3.63, 3.8) is 0 Å². The summed E-state index contributed by atoms with van der Waals surface area (Å²) in [5.74, 6) is 0.349. The van der Waals surface area contributed by atoms with Gasteiger partial charge >= 0.3 is 0 Å². The van der Waals surface area contributed by atoms with Crippen LogP contribution in [-0.4, -0.2) is 47.8 Å². The fourth-order valence-electron chi connectivity index (χ4n) is 4.75. The van der Waals surface area contributed by atoms with Gasteiger partial charge in [0.15, 0.2) is 0 Å². The number of anilines is 1. The summed E-state index contributed by atoms with van der Waals surface area (Å²) in [7, 11) is 0. The van der Waals surface area contributed by atoms with Crippen molar-refractivity contribution >= 4 is 17.5 Å². The number of hydrogen-bond donors (Lipinski definition) is 1. The Hall–Kier alpha value is -2.66. The van der Waals surface area contributed by atoms with Crippen LogP contribution in [-0.2, 0) is 22.6 Å². The summed E-state index contributed by atoms with van der Waals surface area (Å²) in [6, 6.07) is 12.4. The number of fused-ring (bicyclic) bond motifs is 1. The average molecular weight is 420 g/mol. The first kappa shape index (κ1) is 21.6. The van der Waals surface area contributed by atoms with Gasteiger partial charge in [-0.15, -0.1) is 0 Å². The van der Waals surface area contributed by atoms with Gasteiger partial charge in [0.1, 0.15) is 0 Å². The number of carbonyl (C=O) groups is 2. The highest BCUT2D eigenvalue weighted by molar-refractivity contribution is 5.90. The lowest BCUT2D eigenvalue weighted by atomic mass is 9.94. The molecule has 31 heavy (non-hydrogen) atoms. The minimum Gasteiger partial charge on any atom is -0.338 e. The third kappa shape index (κ3) is 5.16. The van der Waals surface area contributed by atoms with Crippen LogP contribution in [0.4, 0.5) is 5.69 Å². The van der Waals surface area contributed by atoms with Gasteiger partial charge in [0.25, 0.3) is 0 Å². The van der Waals surface area contributed by atoms with Crippen molar-refractivity contribution in [1.82, 2.24) is 9.80 Å². The van der Waals surface area contributed by atoms with Gasteiger partial charge in [-0.25, -0.2) is 0 Å². The predicted molar refractivity (Wildman–Crippen MR) is 124 cm³/mol. The Kier molecular flexibility index (Phi) is 6.42. The Bertz CT molecular complexity index is 985. The van der Waals surface area contributed by atoms with Crippen molar-refractivity contribution in [1.29, 1.82) is 0 Å². The number of carbonyl (C=O) groups excluding carboxylic acids is 2. The molecule has 1 fully saturated rings. The number of hydrogen-bond acceptors (Lipinski definition) is 3. The van der Waals surface area contributed by atoms with Gasteiger partial charge in [0, 0.05) is 38.3 Å². The molecule has 0 aliphatic carbocycles. The summed E-state index contributed by atoms with van der Waals surface area (Å²) < 4.78 is 0. The average Bonchev–Trinajstić information content (AvgIpc) is 3.21. The smallest absolute Gasteiger partial charge is 0.227 e. The summed E-state index contributed by atoms with van der Waals surface area (Å²) in [6.07, 6.45) is 2.27. The fourth-order valence-corrected chi connectivity index (χ4v) is 4.75. The second-order valence-electron chi connectivity index (χ2n) is 9.17. The van der Waals surface area contributed by atoms with Gasteiger partial charge in [-0.3, -0.25) is 9.59 Å². The lowest BCUT2D eigenvalue weighted by Crippen LogP contribution is -2.40. The van der Waals surface area contributed by atoms with Crippen LogP contribution in [0.3, 0.4) is 0 Å². The summed E-state index contributed by atoms with van der Waals surface area (Å²) in [4.78, 5) is 29.7. The first-order chi connectivity index (χ1) is 14.9. The van der Waals surface area contributed by atoms with Crippen LogP contribution in [0.25, 0.3) is 0 Å². The zero-order valence-corrected chi connectivity index (χ0v) is 18.9. The molecule has 4 rings (SSSR count). The Morgan fingerprint density at radius 2 is 1.81 bits per heavy atom. The van der Waals surface area contributed by atoms with Crippen LogP contribution in [0.1, 0.15) is 40.7 Å². The minimum absolute atomic E-state index is 0.0266. The van der Waals surface area contributed by atoms with Gasteiger partial charge in [-0.2, -0.15) is 0 Å². The largest absolute Gasteiger partial charge is 0.338 e. The number of nitrogens with zero attached hydrogens (tertiary/aromatic N) is 2. The Balaban J connectivity index is 1.26. The first-order valence-electron chi connectivity index (χ1n) is 11.4. The molecule has 0 bridgehead atoms. The molecule has 2 aromatic carbocycles. The van der Waals surface area contributed by atoms with Crippen molar-refractivity contribution in [2.45, 2.75) is 46.6 Å². The van der Waals surface area contributed by atoms with Crippen LogP contribution >= 0.6 is 0 Å². The molecule has 1 N–H and O–H groups in total. The Labute approximate surface area is 185 Å². The van der Waals surface area contributed by atoms with Crippen molar-refractivity contribution in [2.75, 3.05) is 31.5 Å². The molecule has 1 atom stereocenters. The predicted octanol–water partition coefficient (Wildman–Crippen LogP) is 3.85. The number of nitrogens with one attached hydrogen (secondary N) is 1. The quantitative estimate of drug-likeness (QED) is 0.801. The van der Waals surface area contributed by atoms with Gasteiger partial charge in [-0.05, 0) is 80.1 Å². The third-order valence-corrected chi connectivity index (χ3v) is 6.72. The number of likely N-dealkylation sites (tertiary alicyclic amines) is 1. The van der Waals surface area contributed by atoms with E-state index in [1.165, 1.54) is 22.3 Å². The molecule has 1 unspecified atom stereocenters. The Morgan fingerprint density at radius 3 is 2.58 bits per heavy atom. The summed E-state index contributed by atoms with van der Waals surface area (Å²) >= 11 is 0. The van der Waals surface area contributed by atoms with Crippen LogP contribution in [0.5, 0.6) is 0 Å². The lowest BCUT2D eigenvalue weighted by molar-refractivity contribution is -0.136. The maximum atomic E-state index is 13.1. The lowest BCUT2D eigenvalue weighted by Gasteiger charge is -2.31. The van der Waals surface area contributed by atoms with Crippen molar-refractivity contribution in [3.8, 4) is 0 Å². The molecule has 0 saturated carbocycles. The van der Waals surface area contributed by atoms with E-state index in [1.807, 2.05) is 36.1 Å². The van der Waals surface area contributed by atoms with E-state index in [1.54, 1.807) is 0 Å². The molecule has 2 aliphatic rings. The van der Waals surface area contributed by atoms with Crippen molar-refractivity contribution < 1.29 is 9.59 Å². The SMILES string of the molecule is Cc1cccc(NC(=O)CCN2CCC(C(=O)N3CCc4cc(C)c(C)cc4C3)C2)c1. The normalized spacial score (nSPS) is 18.7. The van der Waals surface area contributed by atoms with E-state index in [9.17, 15) is 9.59 Å². The van der Waals surface area contributed by atoms with E-state index in [0.29, 0.717) is 13.0 Å². The number of benzene rings is 2. The summed E-state index contributed by atoms with van der Waals surface area (Å²) in [5, 5.41) is 2.97. The van der Waals surface area contributed by atoms with Gasteiger partial charge in [0.2, 0.25) is 11.8 Å². The second kappa shape index (κ2) is 9.23. The Morgan fingerprint density at radius 1 is 1.03 bits per heavy atom. The molecule has 2 amide bonds. The summed E-state index contributed by atoms with van der Waals surface area (Å²) in [5.41, 5.74) is 7.28. The number of rotatable bonds is 5. The van der Waals surface area contributed by atoms with Crippen LogP contribution in [0.2, 0.25) is 0 Å². The minimum atomic E-state index is 0.0266. The molecule has 0 aromatic heterocycles. The molecule has 2 aromatic rings. The first-order valence-corrected chi connectivity index (χ1v) is 11.4. The highest BCUT2D eigenvalue weighted by Crippen LogP contribution is 2.26. The van der Waals surface area contributed by atoms with Gasteiger partial charge < -0.3 is 15.1 Å². The highest BCUT2D eigenvalue weighted by Gasteiger charge is 2.32. The number of amides is 2. The van der Waals surface area contributed by atoms with E-state index >= 15 is 0 Å². The molecule has 5 heteroatoms. The third-order valence-electron chi connectivity index (χ3n) is 6.72. The van der Waals surface area contributed by atoms with Gasteiger partial charge in [-0.1, -0.05) is 24.3 Å². The van der Waals surface area contributed by atoms with Gasteiger partial charge in [0.05, 0.1) is 5.92 Å². The maximum Gasteiger partial charge on any atom is 0.227 e. The van der Waals surface area contributed by atoms with E-state index in [-0.39, 0.29) is 17.7 Å². The van der Waals surface area contributed by atoms with E-state index in [0.717, 1.165) is 50.3 Å². The number of aryl methyl sites for hydroxylation is 3. The molecule has 164 valence electrons. The summed E-state index contributed by atoms with van der Waals surface area (Å²) in [6.45, 7) is 10.2. The molecule has 0 radical (unpaired) electrons. The van der Waals surface area contributed by atoms with Crippen molar-refractivity contribution in [2.24, 2.45) is 5.92 Å².